The minimum Gasteiger partial charge on any atom is -0.467 e. The predicted molar refractivity (Wildman–Crippen MR) is 62.8 cm³/mol. The average Bonchev–Trinajstić information content (AvgIpc) is 2.69. The van der Waals surface area contributed by atoms with E-state index >= 15 is 0 Å². The second kappa shape index (κ2) is 4.23. The van der Waals surface area contributed by atoms with Crippen LogP contribution in [0, 0.1) is 13.8 Å². The maximum absolute atomic E-state index is 11.2. The Morgan fingerprint density at radius 1 is 1.12 bits per heavy atom. The Morgan fingerprint density at radius 3 is 2.44 bits per heavy atom. The quantitative estimate of drug-likeness (QED) is 0.737. The largest absolute Gasteiger partial charge is 0.467 e. The van der Waals surface area contributed by atoms with Gasteiger partial charge in [0.25, 0.3) is 0 Å². The van der Waals surface area contributed by atoms with Crippen molar-refractivity contribution in [2.75, 3.05) is 4.90 Å². The van der Waals surface area contributed by atoms with Gasteiger partial charge in [-0.1, -0.05) is 18.2 Å². The van der Waals surface area contributed by atoms with Crippen LogP contribution in [0.2, 0.25) is 0 Å². The van der Waals surface area contributed by atoms with Crippen LogP contribution in [0.15, 0.2) is 41.0 Å². The molecule has 1 heterocycles. The first-order valence-corrected chi connectivity index (χ1v) is 5.08. The number of hydrogen-bond donors (Lipinski definition) is 0. The lowest BCUT2D eigenvalue weighted by Crippen LogP contribution is -2.15. The number of para-hydroxylation sites is 1. The molecule has 16 heavy (non-hydrogen) atoms. The first kappa shape index (κ1) is 10.5. The molecule has 0 N–H and O–H groups in total. The van der Waals surface area contributed by atoms with Gasteiger partial charge in [0.05, 0.1) is 17.6 Å². The lowest BCUT2D eigenvalue weighted by atomic mass is 10.2. The third-order valence-electron chi connectivity index (χ3n) is 2.57. The van der Waals surface area contributed by atoms with Gasteiger partial charge in [0.2, 0.25) is 6.41 Å². The molecule has 0 atom stereocenters. The van der Waals surface area contributed by atoms with Crippen LogP contribution in [0.25, 0.3) is 0 Å². The number of anilines is 2. The Morgan fingerprint density at radius 2 is 1.88 bits per heavy atom. The van der Waals surface area contributed by atoms with Crippen molar-refractivity contribution < 1.29 is 9.21 Å². The SMILES string of the molecule is Cc1ccccc1N(C=O)c1ccoc1C. The van der Waals surface area contributed by atoms with E-state index in [1.54, 1.807) is 17.2 Å². The molecule has 0 aliphatic heterocycles. The number of nitrogens with zero attached hydrogens (tertiary/aromatic N) is 1. The summed E-state index contributed by atoms with van der Waals surface area (Å²) in [6.45, 7) is 3.81. The minimum atomic E-state index is 0.732. The first-order chi connectivity index (χ1) is 7.74. The van der Waals surface area contributed by atoms with Gasteiger partial charge in [-0.15, -0.1) is 0 Å². The fourth-order valence-corrected chi connectivity index (χ4v) is 1.71. The molecule has 0 bridgehead atoms. The molecule has 0 unspecified atom stereocenters. The van der Waals surface area contributed by atoms with E-state index in [0.717, 1.165) is 29.1 Å². The molecule has 0 saturated heterocycles. The molecule has 2 rings (SSSR count). The smallest absolute Gasteiger partial charge is 0.218 e. The van der Waals surface area contributed by atoms with E-state index in [-0.39, 0.29) is 0 Å². The Labute approximate surface area is 94.3 Å². The molecule has 0 spiro atoms. The molecule has 3 nitrogen and oxygen atoms in total. The van der Waals surface area contributed by atoms with Gasteiger partial charge in [-0.05, 0) is 25.5 Å². The normalized spacial score (nSPS) is 10.1. The van der Waals surface area contributed by atoms with Crippen LogP contribution in [-0.4, -0.2) is 6.41 Å². The zero-order valence-corrected chi connectivity index (χ0v) is 9.31. The van der Waals surface area contributed by atoms with Crippen LogP contribution in [0.1, 0.15) is 11.3 Å². The third-order valence-corrected chi connectivity index (χ3v) is 2.57. The molecule has 0 saturated carbocycles. The minimum absolute atomic E-state index is 0.732. The van der Waals surface area contributed by atoms with Gasteiger partial charge in [0.1, 0.15) is 5.76 Å². The maximum atomic E-state index is 11.2. The van der Waals surface area contributed by atoms with Gasteiger partial charge < -0.3 is 4.42 Å². The molecule has 3 heteroatoms. The summed E-state index contributed by atoms with van der Waals surface area (Å²) in [5.74, 6) is 0.732. The van der Waals surface area contributed by atoms with Crippen molar-refractivity contribution in [1.82, 2.24) is 0 Å². The van der Waals surface area contributed by atoms with Gasteiger partial charge in [-0.25, -0.2) is 0 Å². The number of furan rings is 1. The van der Waals surface area contributed by atoms with E-state index in [9.17, 15) is 4.79 Å². The topological polar surface area (TPSA) is 33.5 Å². The lowest BCUT2D eigenvalue weighted by Gasteiger charge is -2.18. The molecule has 82 valence electrons. The second-order valence-electron chi connectivity index (χ2n) is 3.62. The molecule has 2 aromatic rings. The average molecular weight is 215 g/mol. The first-order valence-electron chi connectivity index (χ1n) is 5.08. The van der Waals surface area contributed by atoms with Crippen LogP contribution in [0.4, 0.5) is 11.4 Å². The lowest BCUT2D eigenvalue weighted by molar-refractivity contribution is -0.106. The predicted octanol–water partition coefficient (Wildman–Crippen LogP) is 3.19. The number of amides is 1. The highest BCUT2D eigenvalue weighted by Gasteiger charge is 2.14. The summed E-state index contributed by atoms with van der Waals surface area (Å²) in [6.07, 6.45) is 2.39. The van der Waals surface area contributed by atoms with E-state index in [1.165, 1.54) is 0 Å². The summed E-state index contributed by atoms with van der Waals surface area (Å²) < 4.78 is 5.21. The molecular formula is C13H13NO2. The summed E-state index contributed by atoms with van der Waals surface area (Å²) >= 11 is 0. The van der Waals surface area contributed by atoms with E-state index < -0.39 is 0 Å². The number of hydrogen-bond acceptors (Lipinski definition) is 2. The fraction of sp³-hybridized carbons (Fsp3) is 0.154. The molecule has 1 amide bonds. The molecule has 0 radical (unpaired) electrons. The van der Waals surface area contributed by atoms with Crippen molar-refractivity contribution in [3.05, 3.63) is 47.9 Å². The van der Waals surface area contributed by atoms with Gasteiger partial charge in [0, 0.05) is 6.07 Å². The zero-order chi connectivity index (χ0) is 11.5. The Hall–Kier alpha value is -2.03. The summed E-state index contributed by atoms with van der Waals surface area (Å²) in [6, 6.07) is 9.53. The third kappa shape index (κ3) is 1.72. The maximum Gasteiger partial charge on any atom is 0.218 e. The highest BCUT2D eigenvalue weighted by Crippen LogP contribution is 2.29. The Bertz CT molecular complexity index is 502. The highest BCUT2D eigenvalue weighted by molar-refractivity contribution is 5.88. The number of carbonyl (C=O) groups is 1. The van der Waals surface area contributed by atoms with E-state index in [4.69, 9.17) is 4.42 Å². The summed E-state index contributed by atoms with van der Waals surface area (Å²) in [5, 5.41) is 0. The summed E-state index contributed by atoms with van der Waals surface area (Å²) in [5.41, 5.74) is 2.71. The number of carbonyl (C=O) groups excluding carboxylic acids is 1. The van der Waals surface area contributed by atoms with Crippen LogP contribution in [0.5, 0.6) is 0 Å². The van der Waals surface area contributed by atoms with Crippen molar-refractivity contribution in [2.24, 2.45) is 0 Å². The van der Waals surface area contributed by atoms with Crippen molar-refractivity contribution in [3.8, 4) is 0 Å². The number of benzene rings is 1. The van der Waals surface area contributed by atoms with Gasteiger partial charge in [0.15, 0.2) is 0 Å². The standard InChI is InChI=1S/C13H13NO2/c1-10-5-3-4-6-12(10)14(9-15)13-7-8-16-11(13)2/h3-9H,1-2H3. The van der Waals surface area contributed by atoms with Crippen molar-refractivity contribution in [1.29, 1.82) is 0 Å². The van der Waals surface area contributed by atoms with Crippen molar-refractivity contribution in [2.45, 2.75) is 13.8 Å². The van der Waals surface area contributed by atoms with Crippen molar-refractivity contribution >= 4 is 17.8 Å². The molecular weight excluding hydrogens is 202 g/mol. The Balaban J connectivity index is 2.49. The summed E-state index contributed by atoms with van der Waals surface area (Å²) in [7, 11) is 0. The van der Waals surface area contributed by atoms with Crippen LogP contribution in [-0.2, 0) is 4.79 Å². The van der Waals surface area contributed by atoms with E-state index in [1.807, 2.05) is 38.1 Å². The number of aryl methyl sites for hydroxylation is 2. The highest BCUT2D eigenvalue weighted by atomic mass is 16.3. The Kier molecular flexibility index (Phi) is 2.77. The van der Waals surface area contributed by atoms with E-state index in [0.29, 0.717) is 0 Å². The van der Waals surface area contributed by atoms with Gasteiger partial charge in [-0.3, -0.25) is 9.69 Å². The van der Waals surface area contributed by atoms with Gasteiger partial charge in [-0.2, -0.15) is 0 Å². The molecule has 1 aromatic heterocycles. The second-order valence-corrected chi connectivity index (χ2v) is 3.62. The van der Waals surface area contributed by atoms with Crippen LogP contribution < -0.4 is 4.90 Å². The van der Waals surface area contributed by atoms with E-state index in [2.05, 4.69) is 0 Å². The molecule has 0 aliphatic rings. The molecule has 0 fully saturated rings. The number of rotatable bonds is 3. The molecule has 0 aliphatic carbocycles. The van der Waals surface area contributed by atoms with Crippen LogP contribution in [0.3, 0.4) is 0 Å². The summed E-state index contributed by atoms with van der Waals surface area (Å²) in [4.78, 5) is 12.8. The van der Waals surface area contributed by atoms with Crippen LogP contribution >= 0.6 is 0 Å². The van der Waals surface area contributed by atoms with Crippen molar-refractivity contribution in [3.63, 3.8) is 0 Å². The monoisotopic (exact) mass is 215 g/mol. The van der Waals surface area contributed by atoms with Gasteiger partial charge >= 0.3 is 0 Å². The molecule has 1 aromatic carbocycles. The zero-order valence-electron chi connectivity index (χ0n) is 9.31. The fourth-order valence-electron chi connectivity index (χ4n) is 1.71.